The van der Waals surface area contributed by atoms with Gasteiger partial charge in [-0.2, -0.15) is 0 Å². The lowest BCUT2D eigenvalue weighted by Crippen LogP contribution is -2.42. The summed E-state index contributed by atoms with van der Waals surface area (Å²) in [5.41, 5.74) is 5.79. The van der Waals surface area contributed by atoms with E-state index in [-0.39, 0.29) is 12.2 Å². The lowest BCUT2D eigenvalue weighted by molar-refractivity contribution is -0.127. The molecule has 0 spiro atoms. The smallest absolute Gasteiger partial charge is 0.339 e. The number of methoxy groups -OCH3 is 1. The zero-order valence-corrected chi connectivity index (χ0v) is 16.0. The van der Waals surface area contributed by atoms with Crippen molar-refractivity contribution in [2.45, 2.75) is 19.6 Å². The molecule has 0 bridgehead atoms. The first-order chi connectivity index (χ1) is 13.3. The van der Waals surface area contributed by atoms with Crippen molar-refractivity contribution < 1.29 is 28.6 Å². The third-order valence-electron chi connectivity index (χ3n) is 3.64. The van der Waals surface area contributed by atoms with Gasteiger partial charge in [0.05, 0.1) is 12.7 Å². The van der Waals surface area contributed by atoms with Crippen LogP contribution in [0.5, 0.6) is 11.5 Å². The predicted molar refractivity (Wildman–Crippen MR) is 101 cm³/mol. The number of hydrogen-bond acceptors (Lipinski definition) is 6. The molecule has 9 heteroatoms. The van der Waals surface area contributed by atoms with E-state index < -0.39 is 24.0 Å². The van der Waals surface area contributed by atoms with Gasteiger partial charge in [0.25, 0.3) is 5.91 Å². The SMILES string of the molecule is COc1cc(C(=O)O[C@@H](C)C(=O)NC(N)=O)ccc1OCc1ccccc1Cl. The van der Waals surface area contributed by atoms with Crippen LogP contribution in [0.4, 0.5) is 4.79 Å². The van der Waals surface area contributed by atoms with Crippen LogP contribution in [0.1, 0.15) is 22.8 Å². The van der Waals surface area contributed by atoms with Gasteiger partial charge >= 0.3 is 12.0 Å². The summed E-state index contributed by atoms with van der Waals surface area (Å²) in [5.74, 6) is -0.898. The Kier molecular flexibility index (Phi) is 7.22. The number of imide groups is 1. The Balaban J connectivity index is 2.07. The molecule has 148 valence electrons. The van der Waals surface area contributed by atoms with E-state index in [2.05, 4.69) is 0 Å². The van der Waals surface area contributed by atoms with Crippen LogP contribution in [0.15, 0.2) is 42.5 Å². The molecule has 0 aromatic heterocycles. The van der Waals surface area contributed by atoms with Crippen LogP contribution in [0.2, 0.25) is 5.02 Å². The molecule has 0 fully saturated rings. The minimum absolute atomic E-state index is 0.140. The van der Waals surface area contributed by atoms with Gasteiger partial charge in [0.2, 0.25) is 0 Å². The van der Waals surface area contributed by atoms with Crippen molar-refractivity contribution in [3.63, 3.8) is 0 Å². The molecule has 0 radical (unpaired) electrons. The van der Waals surface area contributed by atoms with Gasteiger partial charge in [-0.25, -0.2) is 9.59 Å². The molecular formula is C19H19ClN2O6. The second kappa shape index (κ2) is 9.61. The Morgan fingerprint density at radius 1 is 1.14 bits per heavy atom. The van der Waals surface area contributed by atoms with Gasteiger partial charge in [0.1, 0.15) is 6.61 Å². The molecule has 8 nitrogen and oxygen atoms in total. The topological polar surface area (TPSA) is 117 Å². The number of esters is 1. The van der Waals surface area contributed by atoms with E-state index in [4.69, 9.17) is 31.5 Å². The second-order valence-corrected chi connectivity index (χ2v) is 6.05. The molecular weight excluding hydrogens is 388 g/mol. The second-order valence-electron chi connectivity index (χ2n) is 5.65. The number of hydrogen-bond donors (Lipinski definition) is 2. The van der Waals surface area contributed by atoms with Crippen molar-refractivity contribution >= 4 is 29.5 Å². The molecule has 0 saturated carbocycles. The summed E-state index contributed by atoms with van der Waals surface area (Å²) in [4.78, 5) is 34.5. The summed E-state index contributed by atoms with van der Waals surface area (Å²) in [6, 6.07) is 10.6. The molecule has 1 atom stereocenters. The number of nitrogens with two attached hydrogens (primary N) is 1. The molecule has 28 heavy (non-hydrogen) atoms. The Morgan fingerprint density at radius 3 is 2.50 bits per heavy atom. The standard InChI is InChI=1S/C19H19ClN2O6/c1-11(17(23)22-19(21)25)28-18(24)12-7-8-15(16(9-12)26-2)27-10-13-5-3-4-6-14(13)20/h3-9,11H,10H2,1-2H3,(H3,21,22,23,25)/t11-/m0/s1. The monoisotopic (exact) mass is 406 g/mol. The van der Waals surface area contributed by atoms with Gasteiger partial charge in [-0.3, -0.25) is 10.1 Å². The zero-order chi connectivity index (χ0) is 20.7. The van der Waals surface area contributed by atoms with Gasteiger partial charge in [-0.15, -0.1) is 0 Å². The van der Waals surface area contributed by atoms with Crippen molar-refractivity contribution in [1.29, 1.82) is 0 Å². The first-order valence-electron chi connectivity index (χ1n) is 8.17. The first-order valence-corrected chi connectivity index (χ1v) is 8.55. The highest BCUT2D eigenvalue weighted by molar-refractivity contribution is 6.31. The van der Waals surface area contributed by atoms with Crippen LogP contribution >= 0.6 is 11.6 Å². The van der Waals surface area contributed by atoms with E-state index in [9.17, 15) is 14.4 Å². The van der Waals surface area contributed by atoms with Gasteiger partial charge in [0, 0.05) is 10.6 Å². The minimum Gasteiger partial charge on any atom is -0.493 e. The highest BCUT2D eigenvalue weighted by Gasteiger charge is 2.21. The summed E-state index contributed by atoms with van der Waals surface area (Å²) < 4.78 is 16.0. The highest BCUT2D eigenvalue weighted by Crippen LogP contribution is 2.30. The van der Waals surface area contributed by atoms with Crippen molar-refractivity contribution in [2.75, 3.05) is 7.11 Å². The summed E-state index contributed by atoms with van der Waals surface area (Å²) >= 11 is 6.10. The number of amides is 3. The number of ether oxygens (including phenoxy) is 3. The highest BCUT2D eigenvalue weighted by atomic mass is 35.5. The Bertz CT molecular complexity index is 886. The van der Waals surface area contributed by atoms with Gasteiger partial charge < -0.3 is 19.9 Å². The fraction of sp³-hybridized carbons (Fsp3) is 0.211. The van der Waals surface area contributed by atoms with Gasteiger partial charge in [-0.05, 0) is 31.2 Å². The fourth-order valence-electron chi connectivity index (χ4n) is 2.19. The van der Waals surface area contributed by atoms with Crippen LogP contribution in [0.3, 0.4) is 0 Å². The van der Waals surface area contributed by atoms with E-state index in [1.54, 1.807) is 12.1 Å². The molecule has 3 amide bonds. The van der Waals surface area contributed by atoms with Crippen molar-refractivity contribution in [3.05, 3.63) is 58.6 Å². The summed E-state index contributed by atoms with van der Waals surface area (Å²) in [7, 11) is 1.43. The molecule has 0 aliphatic rings. The van der Waals surface area contributed by atoms with Gasteiger partial charge in [0.15, 0.2) is 17.6 Å². The Morgan fingerprint density at radius 2 is 1.86 bits per heavy atom. The number of benzene rings is 2. The molecule has 0 saturated heterocycles. The molecule has 2 rings (SSSR count). The third kappa shape index (κ3) is 5.62. The first kappa shape index (κ1) is 21.0. The van der Waals surface area contributed by atoms with Crippen LogP contribution < -0.4 is 20.5 Å². The van der Waals surface area contributed by atoms with Crippen molar-refractivity contribution in [1.82, 2.24) is 5.32 Å². The quantitative estimate of drug-likeness (QED) is 0.682. The number of carbonyl (C=O) groups excluding carboxylic acids is 3. The van der Waals surface area contributed by atoms with E-state index in [0.29, 0.717) is 16.5 Å². The molecule has 2 aromatic rings. The molecule has 2 aromatic carbocycles. The lowest BCUT2D eigenvalue weighted by Gasteiger charge is -2.14. The lowest BCUT2D eigenvalue weighted by atomic mass is 10.2. The van der Waals surface area contributed by atoms with E-state index >= 15 is 0 Å². The van der Waals surface area contributed by atoms with E-state index in [1.165, 1.54) is 26.2 Å². The van der Waals surface area contributed by atoms with Crippen LogP contribution in [-0.2, 0) is 16.1 Å². The molecule has 0 aliphatic heterocycles. The largest absolute Gasteiger partial charge is 0.493 e. The maximum atomic E-state index is 12.2. The van der Waals surface area contributed by atoms with Crippen molar-refractivity contribution in [3.8, 4) is 11.5 Å². The van der Waals surface area contributed by atoms with Crippen LogP contribution in [0, 0.1) is 0 Å². The third-order valence-corrected chi connectivity index (χ3v) is 4.01. The normalized spacial score (nSPS) is 11.2. The van der Waals surface area contributed by atoms with Crippen LogP contribution in [-0.4, -0.2) is 31.1 Å². The number of rotatable bonds is 7. The number of nitrogens with one attached hydrogen (secondary N) is 1. The molecule has 0 heterocycles. The van der Waals surface area contributed by atoms with E-state index in [1.807, 2.05) is 23.5 Å². The summed E-state index contributed by atoms with van der Waals surface area (Å²) in [6.07, 6.45) is -1.21. The Hall–Kier alpha value is -3.26. The predicted octanol–water partition coefficient (Wildman–Crippen LogP) is 2.67. The van der Waals surface area contributed by atoms with Crippen molar-refractivity contribution in [2.24, 2.45) is 5.73 Å². The Labute approximate surface area is 166 Å². The minimum atomic E-state index is -1.21. The number of primary amides is 1. The number of urea groups is 1. The fourth-order valence-corrected chi connectivity index (χ4v) is 2.38. The number of carbonyl (C=O) groups is 3. The molecule has 3 N–H and O–H groups in total. The maximum absolute atomic E-state index is 12.2. The maximum Gasteiger partial charge on any atom is 0.339 e. The van der Waals surface area contributed by atoms with Crippen LogP contribution in [0.25, 0.3) is 0 Å². The number of halogens is 1. The van der Waals surface area contributed by atoms with E-state index in [0.717, 1.165) is 5.56 Å². The van der Waals surface area contributed by atoms with Gasteiger partial charge in [-0.1, -0.05) is 29.8 Å². The summed E-state index contributed by atoms with van der Waals surface area (Å²) in [6.45, 7) is 1.53. The zero-order valence-electron chi connectivity index (χ0n) is 15.2. The summed E-state index contributed by atoms with van der Waals surface area (Å²) in [5, 5.41) is 2.41. The molecule has 0 unspecified atom stereocenters. The molecule has 0 aliphatic carbocycles. The average Bonchev–Trinajstić information content (AvgIpc) is 2.66. The average molecular weight is 407 g/mol.